The van der Waals surface area contributed by atoms with Crippen LogP contribution >= 0.6 is 0 Å². The van der Waals surface area contributed by atoms with Crippen LogP contribution in [-0.2, 0) is 10.0 Å². The van der Waals surface area contributed by atoms with Crippen molar-refractivity contribution >= 4 is 21.6 Å². The molecule has 0 bridgehead atoms. The smallest absolute Gasteiger partial charge is 0.261 e. The lowest BCUT2D eigenvalue weighted by atomic mass is 9.92. The first-order chi connectivity index (χ1) is 14.7. The van der Waals surface area contributed by atoms with Gasteiger partial charge < -0.3 is 5.32 Å². The Morgan fingerprint density at radius 2 is 1.61 bits per heavy atom. The van der Waals surface area contributed by atoms with Crippen molar-refractivity contribution in [3.63, 3.8) is 0 Å². The number of amides is 1. The summed E-state index contributed by atoms with van der Waals surface area (Å²) in [6, 6.07) is 18.5. The first-order valence-corrected chi connectivity index (χ1v) is 11.4. The molecular formula is C24H25FN2O3S. The topological polar surface area (TPSA) is 75.3 Å². The highest BCUT2D eigenvalue weighted by molar-refractivity contribution is 7.92. The van der Waals surface area contributed by atoms with Crippen molar-refractivity contribution in [2.24, 2.45) is 5.92 Å². The molecule has 0 saturated carbocycles. The van der Waals surface area contributed by atoms with E-state index in [1.165, 1.54) is 42.5 Å². The lowest BCUT2D eigenvalue weighted by Crippen LogP contribution is -2.32. The molecule has 0 saturated heterocycles. The van der Waals surface area contributed by atoms with Gasteiger partial charge in [0.2, 0.25) is 0 Å². The zero-order chi connectivity index (χ0) is 22.6. The maximum absolute atomic E-state index is 13.1. The van der Waals surface area contributed by atoms with Crippen LogP contribution in [0.15, 0.2) is 77.7 Å². The molecule has 0 heterocycles. The van der Waals surface area contributed by atoms with Gasteiger partial charge in [0.15, 0.2) is 0 Å². The third-order valence-electron chi connectivity index (χ3n) is 4.98. The van der Waals surface area contributed by atoms with Crippen molar-refractivity contribution in [3.05, 3.63) is 95.3 Å². The number of carbonyl (C=O) groups excluding carboxylic acids is 1. The third kappa shape index (κ3) is 5.49. The van der Waals surface area contributed by atoms with Crippen LogP contribution in [0.25, 0.3) is 0 Å². The second kappa shape index (κ2) is 9.31. The summed E-state index contributed by atoms with van der Waals surface area (Å²) in [4.78, 5) is 12.9. The Labute approximate surface area is 182 Å². The Kier molecular flexibility index (Phi) is 6.75. The Morgan fingerprint density at radius 3 is 2.26 bits per heavy atom. The second-order valence-electron chi connectivity index (χ2n) is 7.69. The van der Waals surface area contributed by atoms with Gasteiger partial charge in [-0.25, -0.2) is 12.8 Å². The van der Waals surface area contributed by atoms with Gasteiger partial charge in [-0.2, -0.15) is 0 Å². The molecule has 7 heteroatoms. The summed E-state index contributed by atoms with van der Waals surface area (Å²) >= 11 is 0. The molecule has 1 atom stereocenters. The molecule has 0 aliphatic carbocycles. The molecule has 0 spiro atoms. The third-order valence-corrected chi connectivity index (χ3v) is 6.36. The van der Waals surface area contributed by atoms with Gasteiger partial charge in [0.25, 0.3) is 15.9 Å². The highest BCUT2D eigenvalue weighted by Gasteiger charge is 2.22. The molecule has 2 N–H and O–H groups in total. The lowest BCUT2D eigenvalue weighted by molar-refractivity contribution is 0.0925. The summed E-state index contributed by atoms with van der Waals surface area (Å²) in [6.45, 7) is 6.03. The molecule has 3 rings (SSSR count). The Morgan fingerprint density at radius 1 is 0.935 bits per heavy atom. The fourth-order valence-electron chi connectivity index (χ4n) is 3.30. The minimum atomic E-state index is -3.94. The Hall–Kier alpha value is -3.19. The van der Waals surface area contributed by atoms with E-state index in [2.05, 4.69) is 10.0 Å². The van der Waals surface area contributed by atoms with Crippen LogP contribution in [-0.4, -0.2) is 14.3 Å². The van der Waals surface area contributed by atoms with Crippen LogP contribution < -0.4 is 10.0 Å². The van der Waals surface area contributed by atoms with Gasteiger partial charge in [0, 0.05) is 11.3 Å². The van der Waals surface area contributed by atoms with Crippen molar-refractivity contribution in [1.29, 1.82) is 0 Å². The minimum Gasteiger partial charge on any atom is -0.345 e. The first-order valence-electron chi connectivity index (χ1n) is 9.92. The number of halogens is 1. The Balaban J connectivity index is 1.83. The zero-order valence-electron chi connectivity index (χ0n) is 17.6. The van der Waals surface area contributed by atoms with E-state index in [1.54, 1.807) is 6.07 Å². The summed E-state index contributed by atoms with van der Waals surface area (Å²) < 4.78 is 40.9. The predicted octanol–water partition coefficient (Wildman–Crippen LogP) is 5.06. The molecule has 162 valence electrons. The van der Waals surface area contributed by atoms with Crippen molar-refractivity contribution in [2.75, 3.05) is 4.72 Å². The van der Waals surface area contributed by atoms with E-state index in [-0.39, 0.29) is 34.0 Å². The molecule has 0 aromatic heterocycles. The highest BCUT2D eigenvalue weighted by Crippen LogP contribution is 2.25. The molecule has 3 aromatic rings. The summed E-state index contributed by atoms with van der Waals surface area (Å²) in [5.74, 6) is -0.687. The van der Waals surface area contributed by atoms with E-state index in [9.17, 15) is 17.6 Å². The number of hydrogen-bond acceptors (Lipinski definition) is 3. The fraction of sp³-hybridized carbons (Fsp3) is 0.208. The van der Waals surface area contributed by atoms with Gasteiger partial charge in [-0.05, 0) is 66.4 Å². The summed E-state index contributed by atoms with van der Waals surface area (Å²) in [7, 11) is -3.94. The Bertz CT molecular complexity index is 1180. The SMILES string of the molecule is Cc1ccccc1[C@@H](NC(=O)c1cccc(S(=O)(=O)Nc2ccc(F)cc2)c1)C(C)C. The lowest BCUT2D eigenvalue weighted by Gasteiger charge is -2.24. The van der Waals surface area contributed by atoms with Gasteiger partial charge >= 0.3 is 0 Å². The van der Waals surface area contributed by atoms with Crippen LogP contribution in [0, 0.1) is 18.7 Å². The highest BCUT2D eigenvalue weighted by atomic mass is 32.2. The van der Waals surface area contributed by atoms with Crippen LogP contribution in [0.3, 0.4) is 0 Å². The fourth-order valence-corrected chi connectivity index (χ4v) is 4.40. The number of hydrogen-bond donors (Lipinski definition) is 2. The number of anilines is 1. The minimum absolute atomic E-state index is 0.0542. The van der Waals surface area contributed by atoms with E-state index < -0.39 is 15.8 Å². The maximum Gasteiger partial charge on any atom is 0.261 e. The van der Waals surface area contributed by atoms with Crippen molar-refractivity contribution in [2.45, 2.75) is 31.7 Å². The van der Waals surface area contributed by atoms with E-state index in [4.69, 9.17) is 0 Å². The van der Waals surface area contributed by atoms with Crippen LogP contribution in [0.1, 0.15) is 41.4 Å². The number of carbonyl (C=O) groups is 1. The van der Waals surface area contributed by atoms with Crippen molar-refractivity contribution < 1.29 is 17.6 Å². The summed E-state index contributed by atoms with van der Waals surface area (Å²) in [5.41, 5.74) is 2.56. The molecule has 0 aliphatic rings. The average molecular weight is 441 g/mol. The van der Waals surface area contributed by atoms with Crippen LogP contribution in [0.4, 0.5) is 10.1 Å². The number of rotatable bonds is 7. The largest absolute Gasteiger partial charge is 0.345 e. The van der Waals surface area contributed by atoms with Gasteiger partial charge in [-0.1, -0.05) is 44.2 Å². The number of benzene rings is 3. The number of sulfonamides is 1. The van der Waals surface area contributed by atoms with Crippen LogP contribution in [0.5, 0.6) is 0 Å². The molecule has 0 aliphatic heterocycles. The standard InChI is InChI=1S/C24H25FN2O3S/c1-16(2)23(22-10-5-4-7-17(22)3)26-24(28)18-8-6-9-21(15-18)31(29,30)27-20-13-11-19(25)12-14-20/h4-16,23,27H,1-3H3,(H,26,28)/t23-/m0/s1. The van der Waals surface area contributed by atoms with Crippen molar-refractivity contribution in [1.82, 2.24) is 5.32 Å². The van der Waals surface area contributed by atoms with Gasteiger partial charge in [-0.15, -0.1) is 0 Å². The van der Waals surface area contributed by atoms with E-state index >= 15 is 0 Å². The quantitative estimate of drug-likeness (QED) is 0.539. The molecule has 1 amide bonds. The second-order valence-corrected chi connectivity index (χ2v) is 9.37. The van der Waals surface area contributed by atoms with E-state index in [0.717, 1.165) is 11.1 Å². The van der Waals surface area contributed by atoms with Gasteiger partial charge in [0.1, 0.15) is 5.82 Å². The maximum atomic E-state index is 13.1. The number of nitrogens with one attached hydrogen (secondary N) is 2. The van der Waals surface area contributed by atoms with E-state index in [1.807, 2.05) is 45.0 Å². The molecule has 0 unspecified atom stereocenters. The van der Waals surface area contributed by atoms with Crippen molar-refractivity contribution in [3.8, 4) is 0 Å². The average Bonchev–Trinajstić information content (AvgIpc) is 2.74. The molecule has 5 nitrogen and oxygen atoms in total. The van der Waals surface area contributed by atoms with Gasteiger partial charge in [-0.3, -0.25) is 9.52 Å². The van der Waals surface area contributed by atoms with E-state index in [0.29, 0.717) is 0 Å². The first kappa shape index (κ1) is 22.5. The summed E-state index contributed by atoms with van der Waals surface area (Å²) in [6.07, 6.45) is 0. The molecule has 0 fully saturated rings. The molecule has 31 heavy (non-hydrogen) atoms. The predicted molar refractivity (Wildman–Crippen MR) is 120 cm³/mol. The summed E-state index contributed by atoms with van der Waals surface area (Å²) in [5, 5.41) is 3.03. The normalized spacial score (nSPS) is 12.4. The molecule has 0 radical (unpaired) electrons. The molecule has 3 aromatic carbocycles. The van der Waals surface area contributed by atoms with Crippen LogP contribution in [0.2, 0.25) is 0 Å². The monoisotopic (exact) mass is 440 g/mol. The van der Waals surface area contributed by atoms with Gasteiger partial charge in [0.05, 0.1) is 10.9 Å². The number of aryl methyl sites for hydroxylation is 1. The molecular weight excluding hydrogens is 415 g/mol. The zero-order valence-corrected chi connectivity index (χ0v) is 18.4.